The molecule has 3 rings (SSSR count). The molecule has 2 aromatic heterocycles. The molecule has 8 heteroatoms. The minimum atomic E-state index is -0.937. The predicted molar refractivity (Wildman–Crippen MR) is 82.5 cm³/mol. The third-order valence-corrected chi connectivity index (χ3v) is 4.04. The Hall–Kier alpha value is -2.77. The summed E-state index contributed by atoms with van der Waals surface area (Å²) in [6, 6.07) is 3.11. The summed E-state index contributed by atoms with van der Waals surface area (Å²) in [6.45, 7) is 3.83. The second-order valence-electron chi connectivity index (χ2n) is 6.22. The highest BCUT2D eigenvalue weighted by Gasteiger charge is 2.49. The fourth-order valence-corrected chi connectivity index (χ4v) is 2.51. The Morgan fingerprint density at radius 3 is 2.75 bits per heavy atom. The van der Waals surface area contributed by atoms with Crippen molar-refractivity contribution < 1.29 is 19.2 Å². The summed E-state index contributed by atoms with van der Waals surface area (Å²) in [5, 5.41) is 15.7. The van der Waals surface area contributed by atoms with E-state index < -0.39 is 23.8 Å². The summed E-state index contributed by atoms with van der Waals surface area (Å²) in [5.41, 5.74) is 0.717. The number of aromatic nitrogens is 3. The molecule has 2 aromatic rings. The Balaban J connectivity index is 1.74. The summed E-state index contributed by atoms with van der Waals surface area (Å²) in [7, 11) is 0. The molecule has 0 spiro atoms. The predicted octanol–water partition coefficient (Wildman–Crippen LogP) is 1.67. The van der Waals surface area contributed by atoms with E-state index in [-0.39, 0.29) is 11.8 Å². The van der Waals surface area contributed by atoms with E-state index in [1.165, 1.54) is 0 Å². The molecule has 2 N–H and O–H groups in total. The Bertz CT molecular complexity index is 744. The van der Waals surface area contributed by atoms with Crippen LogP contribution in [0.2, 0.25) is 0 Å². The first-order chi connectivity index (χ1) is 11.5. The summed E-state index contributed by atoms with van der Waals surface area (Å²) >= 11 is 0. The van der Waals surface area contributed by atoms with Crippen LogP contribution in [0.5, 0.6) is 0 Å². The molecule has 24 heavy (non-hydrogen) atoms. The highest BCUT2D eigenvalue weighted by molar-refractivity contribution is 5.89. The van der Waals surface area contributed by atoms with Gasteiger partial charge in [0.15, 0.2) is 0 Å². The summed E-state index contributed by atoms with van der Waals surface area (Å²) < 4.78 is 5.30. The van der Waals surface area contributed by atoms with E-state index in [0.29, 0.717) is 18.1 Å². The van der Waals surface area contributed by atoms with E-state index in [9.17, 15) is 9.59 Å². The summed E-state index contributed by atoms with van der Waals surface area (Å²) in [4.78, 5) is 31.5. The highest BCUT2D eigenvalue weighted by atomic mass is 16.5. The molecule has 0 bridgehead atoms. The maximum atomic E-state index is 12.2. The fourth-order valence-electron chi connectivity index (χ4n) is 2.51. The van der Waals surface area contributed by atoms with E-state index in [1.54, 1.807) is 18.5 Å². The van der Waals surface area contributed by atoms with Crippen LogP contribution in [0.1, 0.15) is 32.2 Å². The monoisotopic (exact) mass is 330 g/mol. The van der Waals surface area contributed by atoms with Gasteiger partial charge in [0.25, 0.3) is 0 Å². The second kappa shape index (κ2) is 6.38. The largest absolute Gasteiger partial charge is 0.481 e. The number of carboxylic acids is 1. The van der Waals surface area contributed by atoms with Crippen molar-refractivity contribution in [1.29, 1.82) is 0 Å². The molecule has 1 aliphatic rings. The van der Waals surface area contributed by atoms with Gasteiger partial charge in [-0.15, -0.1) is 0 Å². The standard InChI is InChI=1S/C16H18N4O4/c1-8(2)12(18-14(21)10-6-11(10)16(22)23)15-19-13(20-24-15)9-4-3-5-17-7-9/h3-5,7-8,10-12H,6H2,1-2H3,(H,18,21)(H,22,23)/t10-,11-,12?/m1/s1. The zero-order valence-electron chi connectivity index (χ0n) is 13.3. The zero-order valence-corrected chi connectivity index (χ0v) is 13.3. The van der Waals surface area contributed by atoms with Gasteiger partial charge in [0.1, 0.15) is 6.04 Å². The number of nitrogens with one attached hydrogen (secondary N) is 1. The number of carbonyl (C=O) groups excluding carboxylic acids is 1. The van der Waals surface area contributed by atoms with Gasteiger partial charge in [-0.25, -0.2) is 0 Å². The normalized spacial score (nSPS) is 20.6. The Labute approximate surface area is 138 Å². The van der Waals surface area contributed by atoms with Gasteiger partial charge >= 0.3 is 5.97 Å². The molecule has 2 heterocycles. The van der Waals surface area contributed by atoms with Gasteiger partial charge < -0.3 is 14.9 Å². The molecule has 126 valence electrons. The zero-order chi connectivity index (χ0) is 17.3. The minimum Gasteiger partial charge on any atom is -0.481 e. The molecule has 1 unspecified atom stereocenters. The number of rotatable bonds is 6. The van der Waals surface area contributed by atoms with Crippen LogP contribution in [0.4, 0.5) is 0 Å². The first-order valence-corrected chi connectivity index (χ1v) is 7.74. The lowest BCUT2D eigenvalue weighted by Gasteiger charge is -2.18. The molecule has 1 amide bonds. The van der Waals surface area contributed by atoms with Crippen LogP contribution in [0.15, 0.2) is 29.0 Å². The molecule has 8 nitrogen and oxygen atoms in total. The SMILES string of the molecule is CC(C)C(NC(=O)[C@@H]1C[C@H]1C(=O)O)c1nc(-c2cccnc2)no1. The van der Waals surface area contributed by atoms with Crippen LogP contribution in [0.3, 0.4) is 0 Å². The lowest BCUT2D eigenvalue weighted by molar-refractivity contribution is -0.140. The fraction of sp³-hybridized carbons (Fsp3) is 0.438. The molecule has 0 radical (unpaired) electrons. The lowest BCUT2D eigenvalue weighted by atomic mass is 10.0. The van der Waals surface area contributed by atoms with Crippen LogP contribution in [0, 0.1) is 17.8 Å². The van der Waals surface area contributed by atoms with E-state index in [1.807, 2.05) is 19.9 Å². The van der Waals surface area contributed by atoms with Crippen LogP contribution in [-0.2, 0) is 9.59 Å². The molecule has 1 fully saturated rings. The smallest absolute Gasteiger partial charge is 0.307 e. The van der Waals surface area contributed by atoms with Crippen molar-refractivity contribution in [3.05, 3.63) is 30.4 Å². The van der Waals surface area contributed by atoms with Crippen molar-refractivity contribution in [1.82, 2.24) is 20.4 Å². The van der Waals surface area contributed by atoms with E-state index in [0.717, 1.165) is 5.56 Å². The molecular formula is C16H18N4O4. The van der Waals surface area contributed by atoms with Gasteiger partial charge in [0.2, 0.25) is 17.6 Å². The minimum absolute atomic E-state index is 0.0122. The average molecular weight is 330 g/mol. The number of amides is 1. The van der Waals surface area contributed by atoms with Crippen LogP contribution in [-0.4, -0.2) is 32.1 Å². The Kier molecular flexibility index (Phi) is 4.28. The molecule has 3 atom stereocenters. The summed E-state index contributed by atoms with van der Waals surface area (Å²) in [6.07, 6.45) is 3.64. The number of pyridine rings is 1. The van der Waals surface area contributed by atoms with E-state index in [4.69, 9.17) is 9.63 Å². The summed E-state index contributed by atoms with van der Waals surface area (Å²) in [5.74, 6) is -1.60. The van der Waals surface area contributed by atoms with Crippen molar-refractivity contribution in [2.75, 3.05) is 0 Å². The molecule has 0 aliphatic heterocycles. The molecule has 0 saturated heterocycles. The van der Waals surface area contributed by atoms with Crippen molar-refractivity contribution in [2.45, 2.75) is 26.3 Å². The van der Waals surface area contributed by atoms with E-state index in [2.05, 4.69) is 20.4 Å². The molecular weight excluding hydrogens is 312 g/mol. The topological polar surface area (TPSA) is 118 Å². The number of hydrogen-bond donors (Lipinski definition) is 2. The van der Waals surface area contributed by atoms with Gasteiger partial charge in [0.05, 0.1) is 11.8 Å². The first-order valence-electron chi connectivity index (χ1n) is 7.74. The van der Waals surface area contributed by atoms with Gasteiger partial charge in [-0.05, 0) is 24.5 Å². The average Bonchev–Trinajstić information content (AvgIpc) is 3.23. The van der Waals surface area contributed by atoms with E-state index >= 15 is 0 Å². The third-order valence-electron chi connectivity index (χ3n) is 4.04. The van der Waals surface area contributed by atoms with Crippen LogP contribution >= 0.6 is 0 Å². The number of nitrogens with zero attached hydrogens (tertiary/aromatic N) is 3. The van der Waals surface area contributed by atoms with Crippen molar-refractivity contribution >= 4 is 11.9 Å². The second-order valence-corrected chi connectivity index (χ2v) is 6.22. The van der Waals surface area contributed by atoms with Crippen LogP contribution < -0.4 is 5.32 Å². The lowest BCUT2D eigenvalue weighted by Crippen LogP contribution is -2.33. The number of aliphatic carboxylic acids is 1. The third kappa shape index (κ3) is 3.27. The number of hydrogen-bond acceptors (Lipinski definition) is 6. The van der Waals surface area contributed by atoms with Gasteiger partial charge in [-0.3, -0.25) is 14.6 Å². The molecule has 0 aromatic carbocycles. The maximum absolute atomic E-state index is 12.2. The quantitative estimate of drug-likeness (QED) is 0.827. The van der Waals surface area contributed by atoms with Crippen molar-refractivity contribution in [3.63, 3.8) is 0 Å². The van der Waals surface area contributed by atoms with Crippen molar-refractivity contribution in [2.24, 2.45) is 17.8 Å². The Morgan fingerprint density at radius 2 is 2.17 bits per heavy atom. The highest BCUT2D eigenvalue weighted by Crippen LogP contribution is 2.39. The number of carboxylic acid groups (broad SMARTS) is 1. The van der Waals surface area contributed by atoms with Crippen molar-refractivity contribution in [3.8, 4) is 11.4 Å². The molecule has 1 aliphatic carbocycles. The number of carbonyl (C=O) groups is 2. The molecule has 1 saturated carbocycles. The van der Waals surface area contributed by atoms with Gasteiger partial charge in [0, 0.05) is 18.0 Å². The maximum Gasteiger partial charge on any atom is 0.307 e. The van der Waals surface area contributed by atoms with Gasteiger partial charge in [-0.2, -0.15) is 4.98 Å². The first kappa shape index (κ1) is 16.1. The van der Waals surface area contributed by atoms with Gasteiger partial charge in [-0.1, -0.05) is 19.0 Å². The van der Waals surface area contributed by atoms with Crippen LogP contribution in [0.25, 0.3) is 11.4 Å². The Morgan fingerprint density at radius 1 is 1.38 bits per heavy atom.